The molecule has 0 spiro atoms. The van der Waals surface area contributed by atoms with Crippen molar-refractivity contribution in [3.63, 3.8) is 0 Å². The van der Waals surface area contributed by atoms with E-state index in [0.29, 0.717) is 24.2 Å². The van der Waals surface area contributed by atoms with Crippen molar-refractivity contribution in [2.24, 2.45) is 11.8 Å². The lowest BCUT2D eigenvalue weighted by atomic mass is 9.79. The number of carbonyl (C=O) groups excluding carboxylic acids is 1. The Hall–Kier alpha value is -2.24. The highest BCUT2D eigenvalue weighted by molar-refractivity contribution is 5.76. The van der Waals surface area contributed by atoms with Gasteiger partial charge in [0, 0.05) is 37.1 Å². The van der Waals surface area contributed by atoms with Gasteiger partial charge < -0.3 is 9.84 Å². The van der Waals surface area contributed by atoms with E-state index in [0.717, 1.165) is 60.8 Å². The van der Waals surface area contributed by atoms with E-state index in [-0.39, 0.29) is 11.8 Å². The van der Waals surface area contributed by atoms with Crippen molar-refractivity contribution in [2.75, 3.05) is 6.54 Å². The summed E-state index contributed by atoms with van der Waals surface area (Å²) in [6, 6.07) is 1.96. The van der Waals surface area contributed by atoms with Crippen molar-refractivity contribution in [1.29, 1.82) is 0 Å². The Morgan fingerprint density at radius 2 is 1.87 bits per heavy atom. The van der Waals surface area contributed by atoms with Crippen LogP contribution in [-0.4, -0.2) is 27.6 Å². The van der Waals surface area contributed by atoms with Gasteiger partial charge in [-0.05, 0) is 57.3 Å². The Morgan fingerprint density at radius 1 is 1.13 bits per heavy atom. The predicted molar refractivity (Wildman–Crippen MR) is 121 cm³/mol. The van der Waals surface area contributed by atoms with E-state index >= 15 is 0 Å². The van der Waals surface area contributed by atoms with E-state index in [1.165, 1.54) is 25.7 Å². The highest BCUT2D eigenvalue weighted by Gasteiger charge is 2.28. The molecule has 2 saturated carbocycles. The number of aryl methyl sites for hydroxylation is 1. The lowest BCUT2D eigenvalue weighted by Gasteiger charge is -2.29. The van der Waals surface area contributed by atoms with Crippen LogP contribution in [0.25, 0.3) is 11.3 Å². The van der Waals surface area contributed by atoms with E-state index in [4.69, 9.17) is 9.51 Å². The zero-order valence-corrected chi connectivity index (χ0v) is 19.2. The van der Waals surface area contributed by atoms with Gasteiger partial charge >= 0.3 is 0 Å². The monoisotopic (exact) mass is 424 g/mol. The first-order valence-corrected chi connectivity index (χ1v) is 12.1. The summed E-state index contributed by atoms with van der Waals surface area (Å²) in [6.45, 7) is 7.00. The van der Waals surface area contributed by atoms with Gasteiger partial charge in [0.25, 0.3) is 0 Å². The molecule has 0 atom stereocenters. The Bertz CT molecular complexity index is 877. The van der Waals surface area contributed by atoms with Gasteiger partial charge in [-0.15, -0.1) is 0 Å². The summed E-state index contributed by atoms with van der Waals surface area (Å²) in [5.41, 5.74) is 2.93. The number of amides is 1. The molecule has 2 aliphatic carbocycles. The second-order valence-electron chi connectivity index (χ2n) is 9.89. The van der Waals surface area contributed by atoms with E-state index in [1.54, 1.807) is 0 Å². The van der Waals surface area contributed by atoms with Crippen LogP contribution >= 0.6 is 0 Å². The summed E-state index contributed by atoms with van der Waals surface area (Å²) in [6.07, 6.45) is 12.1. The fourth-order valence-corrected chi connectivity index (χ4v) is 5.13. The number of rotatable bonds is 7. The van der Waals surface area contributed by atoms with Gasteiger partial charge in [-0.3, -0.25) is 4.79 Å². The fourth-order valence-electron chi connectivity index (χ4n) is 5.13. The quantitative estimate of drug-likeness (QED) is 0.632. The minimum atomic E-state index is 0.245. The average Bonchev–Trinajstić information content (AvgIpc) is 3.44. The number of hydrogen-bond acceptors (Lipinski definition) is 5. The number of carbonyl (C=O) groups is 1. The molecule has 168 valence electrons. The van der Waals surface area contributed by atoms with Crippen molar-refractivity contribution in [3.05, 3.63) is 29.5 Å². The van der Waals surface area contributed by atoms with Crippen molar-refractivity contribution in [3.8, 4) is 11.3 Å². The summed E-state index contributed by atoms with van der Waals surface area (Å²) in [7, 11) is 0. The highest BCUT2D eigenvalue weighted by Crippen LogP contribution is 2.39. The molecular weight excluding hydrogens is 388 g/mol. The Labute approximate surface area is 185 Å². The molecule has 31 heavy (non-hydrogen) atoms. The van der Waals surface area contributed by atoms with Gasteiger partial charge in [-0.1, -0.05) is 31.8 Å². The summed E-state index contributed by atoms with van der Waals surface area (Å²) in [5.74, 6) is 3.74. The van der Waals surface area contributed by atoms with Gasteiger partial charge in [0.15, 0.2) is 5.76 Å². The van der Waals surface area contributed by atoms with Crippen LogP contribution in [0.3, 0.4) is 0 Å². The van der Waals surface area contributed by atoms with Gasteiger partial charge in [0.1, 0.15) is 5.82 Å². The smallest absolute Gasteiger partial charge is 0.220 e. The second kappa shape index (κ2) is 9.92. The molecule has 0 aliphatic heterocycles. The Morgan fingerprint density at radius 3 is 2.52 bits per heavy atom. The molecule has 2 aliphatic rings. The first-order valence-electron chi connectivity index (χ1n) is 12.1. The van der Waals surface area contributed by atoms with Crippen LogP contribution in [0.2, 0.25) is 0 Å². The van der Waals surface area contributed by atoms with Crippen molar-refractivity contribution < 1.29 is 9.32 Å². The highest BCUT2D eigenvalue weighted by atomic mass is 16.5. The minimum Gasteiger partial charge on any atom is -0.356 e. The molecular formula is C25H36N4O2. The Kier molecular flexibility index (Phi) is 7.03. The molecule has 2 fully saturated rings. The van der Waals surface area contributed by atoms with Gasteiger partial charge in [-0.25, -0.2) is 9.97 Å². The van der Waals surface area contributed by atoms with Gasteiger partial charge in [-0.2, -0.15) is 0 Å². The fraction of sp³-hybridized carbons (Fsp3) is 0.680. The van der Waals surface area contributed by atoms with Crippen LogP contribution in [0.4, 0.5) is 0 Å². The zero-order chi connectivity index (χ0) is 21.8. The average molecular weight is 425 g/mol. The second-order valence-corrected chi connectivity index (χ2v) is 9.89. The van der Waals surface area contributed by atoms with Gasteiger partial charge in [0.2, 0.25) is 5.91 Å². The summed E-state index contributed by atoms with van der Waals surface area (Å²) >= 11 is 0. The molecule has 6 nitrogen and oxygen atoms in total. The van der Waals surface area contributed by atoms with Crippen LogP contribution < -0.4 is 5.32 Å². The van der Waals surface area contributed by atoms with E-state index in [1.807, 2.05) is 19.2 Å². The molecule has 6 heteroatoms. The van der Waals surface area contributed by atoms with Crippen molar-refractivity contribution in [2.45, 2.75) is 90.4 Å². The standard InChI is InChI=1S/C25H36N4O2/c1-16(2)25-27-15-21(22-12-17(3)29-31-22)24(28-25)20-10-8-19(9-11-20)14-26-23(30)13-18-6-4-5-7-18/h12,15-16,18-20H,4-11,13-14H2,1-3H3,(H,26,30). The summed E-state index contributed by atoms with van der Waals surface area (Å²) in [5, 5.41) is 7.27. The molecule has 0 bridgehead atoms. The third kappa shape index (κ3) is 5.52. The lowest BCUT2D eigenvalue weighted by Crippen LogP contribution is -2.32. The van der Waals surface area contributed by atoms with Crippen LogP contribution in [0.15, 0.2) is 16.8 Å². The molecule has 0 aromatic carbocycles. The van der Waals surface area contributed by atoms with Crippen molar-refractivity contribution in [1.82, 2.24) is 20.4 Å². The van der Waals surface area contributed by atoms with E-state index < -0.39 is 0 Å². The molecule has 2 aromatic rings. The minimum absolute atomic E-state index is 0.245. The Balaban J connectivity index is 1.37. The van der Waals surface area contributed by atoms with Crippen LogP contribution in [0, 0.1) is 18.8 Å². The largest absolute Gasteiger partial charge is 0.356 e. The predicted octanol–water partition coefficient (Wildman–Crippen LogP) is 5.53. The van der Waals surface area contributed by atoms with Crippen molar-refractivity contribution >= 4 is 5.91 Å². The van der Waals surface area contributed by atoms with E-state index in [9.17, 15) is 4.79 Å². The number of nitrogens with zero attached hydrogens (tertiary/aromatic N) is 3. The zero-order valence-electron chi connectivity index (χ0n) is 19.2. The SMILES string of the molecule is Cc1cc(-c2cnc(C(C)C)nc2C2CCC(CNC(=O)CC3CCCC3)CC2)on1. The maximum atomic E-state index is 12.3. The molecule has 2 heterocycles. The lowest BCUT2D eigenvalue weighted by molar-refractivity contribution is -0.122. The maximum absolute atomic E-state index is 12.3. The number of nitrogens with one attached hydrogen (secondary N) is 1. The maximum Gasteiger partial charge on any atom is 0.220 e. The number of hydrogen-bond donors (Lipinski definition) is 1. The molecule has 0 radical (unpaired) electrons. The van der Waals surface area contributed by atoms with Crippen LogP contribution in [-0.2, 0) is 4.79 Å². The third-order valence-corrected chi connectivity index (χ3v) is 7.02. The molecule has 4 rings (SSSR count). The molecule has 1 amide bonds. The summed E-state index contributed by atoms with van der Waals surface area (Å²) in [4.78, 5) is 21.8. The van der Waals surface area contributed by atoms with Gasteiger partial charge in [0.05, 0.1) is 17.0 Å². The van der Waals surface area contributed by atoms with Crippen LogP contribution in [0.5, 0.6) is 0 Å². The molecule has 0 unspecified atom stereocenters. The van der Waals surface area contributed by atoms with E-state index in [2.05, 4.69) is 29.3 Å². The summed E-state index contributed by atoms with van der Waals surface area (Å²) < 4.78 is 5.55. The third-order valence-electron chi connectivity index (χ3n) is 7.02. The molecule has 1 N–H and O–H groups in total. The normalized spacial score (nSPS) is 22.2. The molecule has 0 saturated heterocycles. The first kappa shape index (κ1) is 22.0. The van der Waals surface area contributed by atoms with Crippen LogP contribution in [0.1, 0.15) is 101 Å². The number of aromatic nitrogens is 3. The molecule has 2 aromatic heterocycles. The topological polar surface area (TPSA) is 80.9 Å². The first-order chi connectivity index (χ1) is 15.0.